The summed E-state index contributed by atoms with van der Waals surface area (Å²) >= 11 is 0. The Morgan fingerprint density at radius 2 is 1.41 bits per heavy atom. The van der Waals surface area contributed by atoms with E-state index in [4.69, 9.17) is 18.9 Å². The first-order valence-corrected chi connectivity index (χ1v) is 11.7. The lowest BCUT2D eigenvalue weighted by molar-refractivity contribution is -0.150. The van der Waals surface area contributed by atoms with Gasteiger partial charge < -0.3 is 29.2 Å². The number of phenolic OH excluding ortho intramolecular Hbond substituents is 2. The van der Waals surface area contributed by atoms with Crippen molar-refractivity contribution >= 4 is 22.9 Å². The van der Waals surface area contributed by atoms with Crippen molar-refractivity contribution in [3.8, 4) is 28.7 Å². The van der Waals surface area contributed by atoms with Gasteiger partial charge in [0.05, 0.1) is 27.9 Å². The topological polar surface area (TPSA) is 112 Å². The Balaban J connectivity index is 2.02. The Hall–Kier alpha value is -4.46. The average Bonchev–Trinajstić information content (AvgIpc) is 3.21. The van der Waals surface area contributed by atoms with Gasteiger partial charge >= 0.3 is 5.97 Å². The average molecular weight is 505 g/mol. The fourth-order valence-corrected chi connectivity index (χ4v) is 4.73. The number of rotatable bonds is 8. The number of methoxy groups -OCH3 is 3. The number of ether oxygens (including phenoxy) is 4. The lowest BCUT2D eigenvalue weighted by Crippen LogP contribution is -2.28. The second-order valence-electron chi connectivity index (χ2n) is 8.41. The van der Waals surface area contributed by atoms with Crippen molar-refractivity contribution in [2.45, 2.75) is 12.8 Å². The number of esters is 1. The predicted molar refractivity (Wildman–Crippen MR) is 137 cm³/mol. The number of carbonyl (C=O) groups is 2. The first kappa shape index (κ1) is 25.6. The molecule has 8 heteroatoms. The zero-order valence-corrected chi connectivity index (χ0v) is 21.0. The molecule has 0 spiro atoms. The van der Waals surface area contributed by atoms with Crippen LogP contribution in [0.15, 0.2) is 60.7 Å². The summed E-state index contributed by atoms with van der Waals surface area (Å²) in [7, 11) is 4.42. The highest BCUT2D eigenvalue weighted by Gasteiger charge is 2.48. The van der Waals surface area contributed by atoms with Gasteiger partial charge in [-0.3, -0.25) is 9.59 Å². The van der Waals surface area contributed by atoms with Crippen LogP contribution in [0.1, 0.15) is 29.5 Å². The summed E-state index contributed by atoms with van der Waals surface area (Å²) in [5, 5.41) is 21.1. The summed E-state index contributed by atoms with van der Waals surface area (Å²) in [6.45, 7) is 1.77. The Labute approximate surface area is 214 Å². The van der Waals surface area contributed by atoms with Crippen molar-refractivity contribution in [3.63, 3.8) is 0 Å². The molecule has 1 aliphatic rings. The minimum Gasteiger partial charge on any atom is -0.504 e. The van der Waals surface area contributed by atoms with E-state index in [9.17, 15) is 19.8 Å². The molecule has 192 valence electrons. The minimum atomic E-state index is -1.20. The summed E-state index contributed by atoms with van der Waals surface area (Å²) in [4.78, 5) is 27.2. The number of allylic oxidation sites excluding steroid dienone is 2. The molecule has 0 fully saturated rings. The number of carbonyl (C=O) groups excluding carboxylic acids is 2. The highest BCUT2D eigenvalue weighted by molar-refractivity contribution is 6.37. The third-order valence-corrected chi connectivity index (χ3v) is 6.41. The fourth-order valence-electron chi connectivity index (χ4n) is 4.73. The fraction of sp³-hybridized carbons (Fsp3) is 0.241. The van der Waals surface area contributed by atoms with E-state index < -0.39 is 23.6 Å². The molecule has 3 aromatic carbocycles. The van der Waals surface area contributed by atoms with E-state index >= 15 is 0 Å². The lowest BCUT2D eigenvalue weighted by Gasteiger charge is -2.22. The van der Waals surface area contributed by atoms with E-state index in [-0.39, 0.29) is 29.6 Å². The van der Waals surface area contributed by atoms with Crippen LogP contribution >= 0.6 is 0 Å². The maximum Gasteiger partial charge on any atom is 0.317 e. The maximum atomic E-state index is 14.0. The number of ketones is 1. The normalized spacial score (nSPS) is 17.0. The molecule has 0 bridgehead atoms. The summed E-state index contributed by atoms with van der Waals surface area (Å²) in [5.41, 5.74) is 2.43. The molecule has 0 heterocycles. The summed E-state index contributed by atoms with van der Waals surface area (Å²) in [6, 6.07) is 16.5. The molecule has 0 aromatic heterocycles. The second kappa shape index (κ2) is 10.7. The van der Waals surface area contributed by atoms with Gasteiger partial charge in [-0.1, -0.05) is 24.3 Å². The molecule has 2 unspecified atom stereocenters. The Morgan fingerprint density at radius 1 is 0.811 bits per heavy atom. The van der Waals surface area contributed by atoms with Crippen LogP contribution in [0.2, 0.25) is 0 Å². The molecular weight excluding hydrogens is 476 g/mol. The molecule has 2 N–H and O–H groups in total. The Kier molecular flexibility index (Phi) is 7.38. The summed E-state index contributed by atoms with van der Waals surface area (Å²) in [6.07, 6.45) is 0. The highest BCUT2D eigenvalue weighted by Crippen LogP contribution is 2.52. The van der Waals surface area contributed by atoms with Crippen molar-refractivity contribution < 1.29 is 38.7 Å². The summed E-state index contributed by atoms with van der Waals surface area (Å²) < 4.78 is 21.0. The second-order valence-corrected chi connectivity index (χ2v) is 8.41. The lowest BCUT2D eigenvalue weighted by atomic mass is 9.81. The van der Waals surface area contributed by atoms with E-state index in [1.165, 1.54) is 26.4 Å². The van der Waals surface area contributed by atoms with Crippen LogP contribution < -0.4 is 14.2 Å². The van der Waals surface area contributed by atoms with Crippen molar-refractivity contribution in [1.82, 2.24) is 0 Å². The molecule has 4 rings (SSSR count). The monoisotopic (exact) mass is 504 g/mol. The number of aromatic hydroxyl groups is 2. The van der Waals surface area contributed by atoms with Crippen LogP contribution in [0, 0.1) is 5.92 Å². The van der Waals surface area contributed by atoms with Crippen LogP contribution in [0.4, 0.5) is 0 Å². The van der Waals surface area contributed by atoms with Gasteiger partial charge in [0.2, 0.25) is 0 Å². The zero-order valence-electron chi connectivity index (χ0n) is 21.0. The highest BCUT2D eigenvalue weighted by atomic mass is 16.5. The first-order chi connectivity index (χ1) is 17.8. The number of hydrogen-bond acceptors (Lipinski definition) is 8. The first-order valence-electron chi connectivity index (χ1n) is 11.7. The third kappa shape index (κ3) is 4.70. The zero-order chi connectivity index (χ0) is 26.7. The van der Waals surface area contributed by atoms with E-state index in [1.54, 1.807) is 62.6 Å². The Bertz CT molecular complexity index is 1360. The van der Waals surface area contributed by atoms with Gasteiger partial charge in [0.25, 0.3) is 0 Å². The van der Waals surface area contributed by atoms with E-state index in [2.05, 4.69) is 0 Å². The van der Waals surface area contributed by atoms with Gasteiger partial charge in [-0.25, -0.2) is 0 Å². The van der Waals surface area contributed by atoms with Crippen LogP contribution in [0.25, 0.3) is 11.1 Å². The van der Waals surface area contributed by atoms with Gasteiger partial charge in [-0.15, -0.1) is 0 Å². The van der Waals surface area contributed by atoms with Crippen LogP contribution in [0.3, 0.4) is 0 Å². The number of phenols is 2. The van der Waals surface area contributed by atoms with Gasteiger partial charge in [0.1, 0.15) is 11.7 Å². The van der Waals surface area contributed by atoms with Gasteiger partial charge in [0.15, 0.2) is 28.8 Å². The Morgan fingerprint density at radius 3 is 1.95 bits per heavy atom. The molecule has 1 aliphatic carbocycles. The molecule has 2 atom stereocenters. The SMILES string of the molecule is CCOC(=O)C1C(=O)C(c2ccc(OC)cc2)=C(c2ccc(OC)c(O)c2)C1c1ccc(OC)c(O)c1. The molecule has 0 saturated carbocycles. The number of benzene rings is 3. The standard InChI is InChI=1S/C29H28O8/c1-5-37-29(33)27-25(18-9-13-23(36-4)21(31)15-18)24(17-8-12-22(35-3)20(30)14-17)26(28(27)32)16-6-10-19(34-2)11-7-16/h6-15,25,27,30-31H,5H2,1-4H3. The van der Waals surface area contributed by atoms with Crippen LogP contribution in [-0.4, -0.2) is 49.9 Å². The van der Waals surface area contributed by atoms with Gasteiger partial charge in [-0.2, -0.15) is 0 Å². The van der Waals surface area contributed by atoms with Crippen LogP contribution in [-0.2, 0) is 14.3 Å². The predicted octanol–water partition coefficient (Wildman–Crippen LogP) is 4.58. The molecule has 0 aliphatic heterocycles. The molecular formula is C29H28O8. The molecule has 8 nitrogen and oxygen atoms in total. The van der Waals surface area contributed by atoms with Crippen molar-refractivity contribution in [2.24, 2.45) is 5.92 Å². The molecule has 0 radical (unpaired) electrons. The van der Waals surface area contributed by atoms with Crippen LogP contribution in [0.5, 0.6) is 28.7 Å². The van der Waals surface area contributed by atoms with Gasteiger partial charge in [0, 0.05) is 11.5 Å². The van der Waals surface area contributed by atoms with E-state index in [0.717, 1.165) is 0 Å². The largest absolute Gasteiger partial charge is 0.504 e. The molecule has 0 saturated heterocycles. The van der Waals surface area contributed by atoms with Crippen molar-refractivity contribution in [3.05, 3.63) is 77.4 Å². The molecule has 0 amide bonds. The quantitative estimate of drug-likeness (QED) is 0.339. The van der Waals surface area contributed by atoms with Crippen molar-refractivity contribution in [2.75, 3.05) is 27.9 Å². The van der Waals surface area contributed by atoms with Gasteiger partial charge in [-0.05, 0) is 65.6 Å². The van der Waals surface area contributed by atoms with Crippen molar-refractivity contribution in [1.29, 1.82) is 0 Å². The molecule has 37 heavy (non-hydrogen) atoms. The number of hydrogen-bond donors (Lipinski definition) is 2. The number of Topliss-reactive ketones (excluding diaryl/α,β-unsaturated/α-hetero) is 1. The third-order valence-electron chi connectivity index (χ3n) is 6.41. The van der Waals surface area contributed by atoms with E-state index in [0.29, 0.717) is 33.6 Å². The smallest absolute Gasteiger partial charge is 0.317 e. The molecule has 3 aromatic rings. The summed E-state index contributed by atoms with van der Waals surface area (Å²) in [5.74, 6) is -2.24. The minimum absolute atomic E-state index is 0.0969. The maximum absolute atomic E-state index is 14.0. The van der Waals surface area contributed by atoms with E-state index in [1.807, 2.05) is 0 Å².